The molecule has 0 bridgehead atoms. The molecular formula is C17H16ClNO3S. The van der Waals surface area contributed by atoms with Crippen molar-refractivity contribution in [3.8, 4) is 5.75 Å². The number of nitrogens with zero attached hydrogens (tertiary/aromatic N) is 1. The Morgan fingerprint density at radius 3 is 3.13 bits per heavy atom. The molecule has 0 fully saturated rings. The van der Waals surface area contributed by atoms with Gasteiger partial charge in [0.25, 0.3) is 5.91 Å². The Hall–Kier alpha value is -1.56. The van der Waals surface area contributed by atoms with Crippen molar-refractivity contribution < 1.29 is 14.3 Å². The number of benzene rings is 1. The third kappa shape index (κ3) is 2.63. The molecule has 6 heteroatoms. The minimum atomic E-state index is -0.0933. The molecule has 4 rings (SSSR count). The fraction of sp³-hybridized carbons (Fsp3) is 0.353. The first-order valence-electron chi connectivity index (χ1n) is 7.60. The molecule has 4 nitrogen and oxygen atoms in total. The first kappa shape index (κ1) is 15.0. The minimum Gasteiger partial charge on any atom is -0.485 e. The standard InChI is InChI=1S/C17H16ClNO3S/c1-10-8-19(13-4-2-3-12(18)16(13)22-10)17(20)15-7-11-9-21-6-5-14(11)23-15/h2-4,7,10H,5-6,8-9H2,1H3. The van der Waals surface area contributed by atoms with E-state index in [4.69, 9.17) is 21.1 Å². The molecule has 1 unspecified atom stereocenters. The van der Waals surface area contributed by atoms with Crippen LogP contribution in [0.4, 0.5) is 5.69 Å². The maximum Gasteiger partial charge on any atom is 0.268 e. The summed E-state index contributed by atoms with van der Waals surface area (Å²) in [6.45, 7) is 3.79. The highest BCUT2D eigenvalue weighted by atomic mass is 35.5. The number of carbonyl (C=O) groups is 1. The second-order valence-corrected chi connectivity index (χ2v) is 7.34. The van der Waals surface area contributed by atoms with Crippen LogP contribution in [0.5, 0.6) is 5.75 Å². The van der Waals surface area contributed by atoms with E-state index in [9.17, 15) is 4.79 Å². The highest BCUT2D eigenvalue weighted by molar-refractivity contribution is 7.14. The molecule has 2 aromatic rings. The van der Waals surface area contributed by atoms with Crippen LogP contribution in [0, 0.1) is 0 Å². The van der Waals surface area contributed by atoms with Crippen LogP contribution in [0.1, 0.15) is 27.0 Å². The quantitative estimate of drug-likeness (QED) is 0.783. The predicted octanol–water partition coefficient (Wildman–Crippen LogP) is 3.90. The monoisotopic (exact) mass is 349 g/mol. The van der Waals surface area contributed by atoms with E-state index in [0.717, 1.165) is 29.2 Å². The van der Waals surface area contributed by atoms with E-state index in [-0.39, 0.29) is 12.0 Å². The average Bonchev–Trinajstić information content (AvgIpc) is 2.98. The third-order valence-corrected chi connectivity index (χ3v) is 5.60. The van der Waals surface area contributed by atoms with Crippen LogP contribution in [0.3, 0.4) is 0 Å². The number of hydrogen-bond donors (Lipinski definition) is 0. The molecule has 0 spiro atoms. The lowest BCUT2D eigenvalue weighted by Crippen LogP contribution is -2.42. The summed E-state index contributed by atoms with van der Waals surface area (Å²) in [6, 6.07) is 7.46. The molecule has 0 radical (unpaired) electrons. The van der Waals surface area contributed by atoms with Gasteiger partial charge in [0.05, 0.1) is 35.3 Å². The zero-order valence-electron chi connectivity index (χ0n) is 12.7. The molecular weight excluding hydrogens is 334 g/mol. The summed E-state index contributed by atoms with van der Waals surface area (Å²) in [7, 11) is 0. The summed E-state index contributed by atoms with van der Waals surface area (Å²) in [5, 5.41) is 0.533. The Morgan fingerprint density at radius 2 is 2.30 bits per heavy atom. The number of amides is 1. The molecule has 2 aliphatic rings. The van der Waals surface area contributed by atoms with E-state index >= 15 is 0 Å². The van der Waals surface area contributed by atoms with Crippen molar-refractivity contribution in [2.45, 2.75) is 26.1 Å². The molecule has 0 saturated carbocycles. The fourth-order valence-electron chi connectivity index (χ4n) is 3.00. The van der Waals surface area contributed by atoms with E-state index in [2.05, 4.69) is 0 Å². The van der Waals surface area contributed by atoms with E-state index < -0.39 is 0 Å². The lowest BCUT2D eigenvalue weighted by atomic mass is 10.1. The van der Waals surface area contributed by atoms with Crippen LogP contribution in [0.25, 0.3) is 0 Å². The molecule has 1 aromatic heterocycles. The van der Waals surface area contributed by atoms with Crippen molar-refractivity contribution in [1.82, 2.24) is 0 Å². The molecule has 1 atom stereocenters. The molecule has 2 aliphatic heterocycles. The van der Waals surface area contributed by atoms with Crippen molar-refractivity contribution >= 4 is 34.5 Å². The lowest BCUT2D eigenvalue weighted by molar-refractivity contribution is 0.0964. The van der Waals surface area contributed by atoms with Gasteiger partial charge in [-0.3, -0.25) is 4.79 Å². The largest absolute Gasteiger partial charge is 0.485 e. The number of anilines is 1. The van der Waals surface area contributed by atoms with Gasteiger partial charge >= 0.3 is 0 Å². The number of carbonyl (C=O) groups excluding carboxylic acids is 1. The van der Waals surface area contributed by atoms with Crippen LogP contribution < -0.4 is 9.64 Å². The highest BCUT2D eigenvalue weighted by Gasteiger charge is 2.31. The van der Waals surface area contributed by atoms with Crippen LogP contribution in [0.15, 0.2) is 24.3 Å². The van der Waals surface area contributed by atoms with Crippen LogP contribution in [-0.4, -0.2) is 25.2 Å². The molecule has 0 saturated heterocycles. The topological polar surface area (TPSA) is 38.8 Å². The van der Waals surface area contributed by atoms with Crippen molar-refractivity contribution in [1.29, 1.82) is 0 Å². The normalized spacial score (nSPS) is 19.7. The van der Waals surface area contributed by atoms with Gasteiger partial charge < -0.3 is 14.4 Å². The molecule has 120 valence electrons. The van der Waals surface area contributed by atoms with E-state index in [1.54, 1.807) is 22.3 Å². The van der Waals surface area contributed by atoms with Gasteiger partial charge in [0.15, 0.2) is 5.75 Å². The first-order chi connectivity index (χ1) is 11.1. The first-order valence-corrected chi connectivity index (χ1v) is 8.79. The van der Waals surface area contributed by atoms with Crippen molar-refractivity contribution in [2.24, 2.45) is 0 Å². The molecule has 1 aromatic carbocycles. The Kier molecular flexibility index (Phi) is 3.79. The van der Waals surface area contributed by atoms with Gasteiger partial charge in [0.1, 0.15) is 6.10 Å². The number of thiophene rings is 1. The molecule has 0 aliphatic carbocycles. The molecule has 3 heterocycles. The summed E-state index contributed by atoms with van der Waals surface area (Å²) in [5.74, 6) is 0.592. The SMILES string of the molecule is CC1CN(C(=O)c2cc3c(s2)CCOC3)c2cccc(Cl)c2O1. The van der Waals surface area contributed by atoms with Gasteiger partial charge in [0.2, 0.25) is 0 Å². The second kappa shape index (κ2) is 5.82. The van der Waals surface area contributed by atoms with Gasteiger partial charge in [-0.2, -0.15) is 0 Å². The Labute approximate surface area is 143 Å². The van der Waals surface area contributed by atoms with Gasteiger partial charge in [0, 0.05) is 11.3 Å². The Balaban J connectivity index is 1.71. The smallest absolute Gasteiger partial charge is 0.268 e. The molecule has 23 heavy (non-hydrogen) atoms. The summed E-state index contributed by atoms with van der Waals surface area (Å²) < 4.78 is 11.3. The maximum atomic E-state index is 13.0. The summed E-state index contributed by atoms with van der Waals surface area (Å²) in [5.41, 5.74) is 1.88. The Morgan fingerprint density at radius 1 is 1.43 bits per heavy atom. The zero-order chi connectivity index (χ0) is 16.0. The molecule has 0 N–H and O–H groups in total. The van der Waals surface area contributed by atoms with Crippen LogP contribution >= 0.6 is 22.9 Å². The van der Waals surface area contributed by atoms with Crippen molar-refractivity contribution in [3.05, 3.63) is 44.6 Å². The average molecular weight is 350 g/mol. The minimum absolute atomic E-state index is 0.00284. The van der Waals surface area contributed by atoms with Gasteiger partial charge in [-0.15, -0.1) is 11.3 Å². The van der Waals surface area contributed by atoms with Crippen molar-refractivity contribution in [2.75, 3.05) is 18.1 Å². The number of halogens is 1. The van der Waals surface area contributed by atoms with E-state index in [1.165, 1.54) is 4.88 Å². The second-order valence-electron chi connectivity index (χ2n) is 5.79. The number of ether oxygens (including phenoxy) is 2. The lowest BCUT2D eigenvalue weighted by Gasteiger charge is -2.33. The highest BCUT2D eigenvalue weighted by Crippen LogP contribution is 2.40. The van der Waals surface area contributed by atoms with E-state index in [0.29, 0.717) is 23.9 Å². The number of rotatable bonds is 1. The number of para-hydroxylation sites is 1. The summed E-state index contributed by atoms with van der Waals surface area (Å²) >= 11 is 7.80. The van der Waals surface area contributed by atoms with Gasteiger partial charge in [-0.25, -0.2) is 0 Å². The van der Waals surface area contributed by atoms with Crippen LogP contribution in [0.2, 0.25) is 5.02 Å². The molecule has 1 amide bonds. The van der Waals surface area contributed by atoms with Gasteiger partial charge in [-0.05, 0) is 30.7 Å². The Bertz CT molecular complexity index is 750. The van der Waals surface area contributed by atoms with E-state index in [1.807, 2.05) is 25.1 Å². The van der Waals surface area contributed by atoms with Crippen molar-refractivity contribution in [3.63, 3.8) is 0 Å². The maximum absolute atomic E-state index is 13.0. The summed E-state index contributed by atoms with van der Waals surface area (Å²) in [6.07, 6.45) is 0.791. The third-order valence-electron chi connectivity index (χ3n) is 4.08. The van der Waals surface area contributed by atoms with Crippen LogP contribution in [-0.2, 0) is 17.8 Å². The fourth-order valence-corrected chi connectivity index (χ4v) is 4.31. The van der Waals surface area contributed by atoms with Gasteiger partial charge in [-0.1, -0.05) is 17.7 Å². The zero-order valence-corrected chi connectivity index (χ0v) is 14.2. The number of hydrogen-bond acceptors (Lipinski definition) is 4. The number of fused-ring (bicyclic) bond motifs is 2. The summed E-state index contributed by atoms with van der Waals surface area (Å²) in [4.78, 5) is 16.8. The predicted molar refractivity (Wildman–Crippen MR) is 90.9 cm³/mol.